The van der Waals surface area contributed by atoms with E-state index in [-0.39, 0.29) is 0 Å². The molecule has 0 aliphatic heterocycles. The van der Waals surface area contributed by atoms with Crippen LogP contribution in [0.15, 0.2) is 48.5 Å². The summed E-state index contributed by atoms with van der Waals surface area (Å²) in [5.41, 5.74) is 2.06. The van der Waals surface area contributed by atoms with Crippen LogP contribution in [0.3, 0.4) is 0 Å². The van der Waals surface area contributed by atoms with Gasteiger partial charge in [0, 0.05) is 0 Å². The lowest BCUT2D eigenvalue weighted by Gasteiger charge is -2.05. The van der Waals surface area contributed by atoms with E-state index in [9.17, 15) is 0 Å². The fourth-order valence-electron chi connectivity index (χ4n) is 2.49. The van der Waals surface area contributed by atoms with E-state index in [1.807, 2.05) is 55.5 Å². The lowest BCUT2D eigenvalue weighted by Crippen LogP contribution is -1.98. The Morgan fingerprint density at radius 2 is 1.84 bits per heavy atom. The van der Waals surface area contributed by atoms with Gasteiger partial charge < -0.3 is 9.47 Å². The summed E-state index contributed by atoms with van der Waals surface area (Å²) in [4.78, 5) is 0.725. The topological polar surface area (TPSA) is 61.5 Å². The van der Waals surface area contributed by atoms with Crippen molar-refractivity contribution >= 4 is 16.3 Å². The van der Waals surface area contributed by atoms with Crippen LogP contribution in [0.25, 0.3) is 16.3 Å². The van der Waals surface area contributed by atoms with Crippen molar-refractivity contribution in [2.45, 2.75) is 13.5 Å². The number of rotatable bonds is 5. The van der Waals surface area contributed by atoms with Gasteiger partial charge in [0.2, 0.25) is 4.96 Å². The Balaban J connectivity index is 1.61. The normalized spacial score (nSPS) is 11.0. The zero-order valence-electron chi connectivity index (χ0n) is 13.8. The van der Waals surface area contributed by atoms with E-state index in [0.29, 0.717) is 12.4 Å². The lowest BCUT2D eigenvalue weighted by molar-refractivity contribution is 0.304. The van der Waals surface area contributed by atoms with E-state index in [1.165, 1.54) is 16.9 Å². The molecule has 0 radical (unpaired) electrons. The van der Waals surface area contributed by atoms with Gasteiger partial charge in [-0.15, -0.1) is 10.2 Å². The van der Waals surface area contributed by atoms with Crippen LogP contribution < -0.4 is 9.47 Å². The Kier molecular flexibility index (Phi) is 4.07. The smallest absolute Gasteiger partial charge is 0.235 e. The molecule has 0 atom stereocenters. The first-order valence-electron chi connectivity index (χ1n) is 7.78. The van der Waals surface area contributed by atoms with Crippen LogP contribution in [0.4, 0.5) is 0 Å². The first-order chi connectivity index (χ1) is 12.2. The van der Waals surface area contributed by atoms with Crippen LogP contribution in [0.5, 0.6) is 11.5 Å². The molecule has 2 heterocycles. The van der Waals surface area contributed by atoms with Crippen molar-refractivity contribution in [3.05, 3.63) is 59.1 Å². The van der Waals surface area contributed by atoms with E-state index >= 15 is 0 Å². The number of fused-ring (bicyclic) bond motifs is 1. The third-order valence-electron chi connectivity index (χ3n) is 3.76. The summed E-state index contributed by atoms with van der Waals surface area (Å²) in [6.07, 6.45) is 0. The third kappa shape index (κ3) is 3.06. The van der Waals surface area contributed by atoms with Gasteiger partial charge in [0.1, 0.15) is 18.1 Å². The van der Waals surface area contributed by atoms with Crippen LogP contribution in [-0.4, -0.2) is 26.9 Å². The molecule has 0 saturated carbocycles. The van der Waals surface area contributed by atoms with Gasteiger partial charge in [-0.1, -0.05) is 41.2 Å². The van der Waals surface area contributed by atoms with Crippen molar-refractivity contribution in [2.75, 3.05) is 7.11 Å². The molecule has 6 nitrogen and oxygen atoms in total. The van der Waals surface area contributed by atoms with Crippen LogP contribution in [-0.2, 0) is 6.61 Å². The highest BCUT2D eigenvalue weighted by atomic mass is 32.1. The third-order valence-corrected chi connectivity index (χ3v) is 4.64. The molecule has 2 aromatic heterocycles. The second kappa shape index (κ2) is 6.52. The molecule has 0 aliphatic carbocycles. The van der Waals surface area contributed by atoms with Crippen molar-refractivity contribution < 1.29 is 9.47 Å². The highest BCUT2D eigenvalue weighted by Gasteiger charge is 2.16. The number of nitrogens with zero attached hydrogens (tertiary/aromatic N) is 4. The number of hydrogen-bond donors (Lipinski definition) is 0. The number of methoxy groups -OCH3 is 1. The Morgan fingerprint density at radius 3 is 2.64 bits per heavy atom. The highest BCUT2D eigenvalue weighted by molar-refractivity contribution is 7.16. The maximum atomic E-state index is 5.80. The van der Waals surface area contributed by atoms with Crippen molar-refractivity contribution in [3.8, 4) is 22.9 Å². The quantitative estimate of drug-likeness (QED) is 0.547. The van der Waals surface area contributed by atoms with Crippen molar-refractivity contribution in [3.63, 3.8) is 0 Å². The Morgan fingerprint density at radius 1 is 1.04 bits per heavy atom. The van der Waals surface area contributed by atoms with Gasteiger partial charge in [-0.2, -0.15) is 9.61 Å². The van der Waals surface area contributed by atoms with Gasteiger partial charge in [0.05, 0.1) is 12.7 Å². The second-order valence-corrected chi connectivity index (χ2v) is 6.56. The molecule has 0 spiro atoms. The van der Waals surface area contributed by atoms with Gasteiger partial charge in [-0.25, -0.2) is 0 Å². The van der Waals surface area contributed by atoms with E-state index in [0.717, 1.165) is 27.0 Å². The van der Waals surface area contributed by atoms with Crippen LogP contribution in [0.1, 0.15) is 10.6 Å². The van der Waals surface area contributed by atoms with E-state index in [1.54, 1.807) is 11.6 Å². The Labute approximate surface area is 148 Å². The molecule has 4 aromatic rings. The maximum Gasteiger partial charge on any atom is 0.235 e. The van der Waals surface area contributed by atoms with E-state index in [4.69, 9.17) is 9.47 Å². The molecule has 0 amide bonds. The molecule has 0 bridgehead atoms. The first-order valence-corrected chi connectivity index (χ1v) is 8.60. The van der Waals surface area contributed by atoms with Gasteiger partial charge in [0.25, 0.3) is 0 Å². The molecule has 0 unspecified atom stereocenters. The zero-order valence-corrected chi connectivity index (χ0v) is 14.7. The van der Waals surface area contributed by atoms with Gasteiger partial charge >= 0.3 is 0 Å². The average Bonchev–Trinajstić information content (AvgIpc) is 3.21. The molecular weight excluding hydrogens is 336 g/mol. The van der Waals surface area contributed by atoms with Gasteiger partial charge in [-0.05, 0) is 31.2 Å². The minimum atomic E-state index is 0.391. The summed E-state index contributed by atoms with van der Waals surface area (Å²) in [6.45, 7) is 2.44. The zero-order chi connectivity index (χ0) is 17.2. The number of benzene rings is 2. The van der Waals surface area contributed by atoms with E-state index < -0.39 is 0 Å². The predicted octanol–water partition coefficient (Wildman–Crippen LogP) is 3.75. The molecule has 0 aliphatic rings. The maximum absolute atomic E-state index is 5.80. The number of ether oxygens (including phenoxy) is 2. The first kappa shape index (κ1) is 15.6. The minimum absolute atomic E-state index is 0.391. The lowest BCUT2D eigenvalue weighted by atomic mass is 10.2. The Bertz CT molecular complexity index is 1010. The molecule has 0 N–H and O–H groups in total. The summed E-state index contributed by atoms with van der Waals surface area (Å²) in [7, 11) is 1.64. The fourth-order valence-corrected chi connectivity index (χ4v) is 3.24. The summed E-state index contributed by atoms with van der Waals surface area (Å²) >= 11 is 1.46. The Hall–Kier alpha value is -2.93. The SMILES string of the molecule is COc1ccccc1-c1nnc2sc(COc3ccc(C)cc3)nn12. The number of para-hydroxylation sites is 1. The molecular formula is C18H16N4O2S. The average molecular weight is 352 g/mol. The van der Waals surface area contributed by atoms with E-state index in [2.05, 4.69) is 15.3 Å². The highest BCUT2D eigenvalue weighted by Crippen LogP contribution is 2.29. The summed E-state index contributed by atoms with van der Waals surface area (Å²) in [6, 6.07) is 15.6. The monoisotopic (exact) mass is 352 g/mol. The summed E-state index contributed by atoms with van der Waals surface area (Å²) in [5.74, 6) is 2.22. The largest absolute Gasteiger partial charge is 0.496 e. The summed E-state index contributed by atoms with van der Waals surface area (Å²) < 4.78 is 12.9. The minimum Gasteiger partial charge on any atom is -0.496 e. The predicted molar refractivity (Wildman–Crippen MR) is 96.2 cm³/mol. The molecule has 25 heavy (non-hydrogen) atoms. The van der Waals surface area contributed by atoms with Crippen molar-refractivity contribution in [1.29, 1.82) is 0 Å². The molecule has 2 aromatic carbocycles. The number of hydrogen-bond acceptors (Lipinski definition) is 6. The van der Waals surface area contributed by atoms with Crippen LogP contribution >= 0.6 is 11.3 Å². The molecule has 4 rings (SSSR count). The van der Waals surface area contributed by atoms with Gasteiger partial charge in [0.15, 0.2) is 10.8 Å². The van der Waals surface area contributed by atoms with Crippen molar-refractivity contribution in [2.24, 2.45) is 0 Å². The standard InChI is InChI=1S/C18H16N4O2S/c1-12-7-9-13(10-8-12)24-11-16-21-22-17(19-20-18(22)25-16)14-5-3-4-6-15(14)23-2/h3-10H,11H2,1-2H3. The van der Waals surface area contributed by atoms with Crippen molar-refractivity contribution in [1.82, 2.24) is 19.8 Å². The molecule has 0 fully saturated rings. The summed E-state index contributed by atoms with van der Waals surface area (Å²) in [5, 5.41) is 13.9. The number of aryl methyl sites for hydroxylation is 1. The van der Waals surface area contributed by atoms with Gasteiger partial charge in [-0.3, -0.25) is 0 Å². The molecule has 126 valence electrons. The molecule has 0 saturated heterocycles. The van der Waals surface area contributed by atoms with Crippen LogP contribution in [0.2, 0.25) is 0 Å². The second-order valence-electron chi connectivity index (χ2n) is 5.52. The fraction of sp³-hybridized carbons (Fsp3) is 0.167. The molecule has 7 heteroatoms. The van der Waals surface area contributed by atoms with Crippen LogP contribution in [0, 0.1) is 6.92 Å². The number of aromatic nitrogens is 4.